The number of halogens is 1. The number of nitro groups is 1. The van der Waals surface area contributed by atoms with Crippen LogP contribution in [0, 0.1) is 10.1 Å². The van der Waals surface area contributed by atoms with Gasteiger partial charge in [0.15, 0.2) is 10.4 Å². The highest BCUT2D eigenvalue weighted by Gasteiger charge is 2.12. The second kappa shape index (κ2) is 7.54. The minimum absolute atomic E-state index is 0.0427. The van der Waals surface area contributed by atoms with E-state index >= 15 is 0 Å². The molecule has 1 amide bonds. The van der Waals surface area contributed by atoms with Gasteiger partial charge in [-0.2, -0.15) is 0 Å². The van der Waals surface area contributed by atoms with E-state index in [0.29, 0.717) is 10.2 Å². The normalized spacial score (nSPS) is 10.1. The van der Waals surface area contributed by atoms with Crippen LogP contribution in [0.2, 0.25) is 0 Å². The van der Waals surface area contributed by atoms with Crippen molar-refractivity contribution in [1.29, 1.82) is 0 Å². The Kier molecular flexibility index (Phi) is 5.47. The molecule has 1 N–H and O–H groups in total. The van der Waals surface area contributed by atoms with Crippen LogP contribution in [0.1, 0.15) is 16.1 Å². The molecule has 9 heteroatoms. The third-order valence-corrected chi connectivity index (χ3v) is 3.16. The lowest BCUT2D eigenvalue weighted by Crippen LogP contribution is -2.30. The van der Waals surface area contributed by atoms with Crippen molar-refractivity contribution in [2.24, 2.45) is 0 Å². The molecule has 120 valence electrons. The Morgan fingerprint density at radius 3 is 2.48 bits per heavy atom. The number of nitrogens with zero attached hydrogens (tertiary/aromatic N) is 1. The Hall–Kier alpha value is -2.68. The fraction of sp³-hybridized carbons (Fsp3) is 0.143. The highest BCUT2D eigenvalue weighted by molar-refractivity contribution is 9.10. The molecular formula is C14H11BrN2O6. The Bertz CT molecular complexity index is 725. The summed E-state index contributed by atoms with van der Waals surface area (Å²) in [6.45, 7) is -0.358. The third-order valence-electron chi connectivity index (χ3n) is 2.74. The van der Waals surface area contributed by atoms with E-state index in [-0.39, 0.29) is 24.6 Å². The van der Waals surface area contributed by atoms with E-state index in [4.69, 9.17) is 9.15 Å². The van der Waals surface area contributed by atoms with Crippen LogP contribution in [0.3, 0.4) is 0 Å². The topological polar surface area (TPSA) is 112 Å². The number of amides is 1. The van der Waals surface area contributed by atoms with Crippen LogP contribution < -0.4 is 5.32 Å². The fourth-order valence-corrected chi connectivity index (χ4v) is 1.91. The summed E-state index contributed by atoms with van der Waals surface area (Å²) in [4.78, 5) is 33.2. The molecule has 2 rings (SSSR count). The first-order chi connectivity index (χ1) is 11.0. The Morgan fingerprint density at radius 1 is 1.22 bits per heavy atom. The summed E-state index contributed by atoms with van der Waals surface area (Å²) >= 11 is 3.06. The average molecular weight is 383 g/mol. The van der Waals surface area contributed by atoms with Gasteiger partial charge in [0.1, 0.15) is 13.2 Å². The van der Waals surface area contributed by atoms with Crippen molar-refractivity contribution in [3.05, 3.63) is 62.5 Å². The van der Waals surface area contributed by atoms with Crippen LogP contribution >= 0.6 is 15.9 Å². The van der Waals surface area contributed by atoms with Crippen LogP contribution in [-0.4, -0.2) is 23.3 Å². The Labute approximate surface area is 138 Å². The van der Waals surface area contributed by atoms with E-state index in [9.17, 15) is 19.7 Å². The zero-order valence-electron chi connectivity index (χ0n) is 11.7. The molecule has 0 aliphatic carbocycles. The van der Waals surface area contributed by atoms with Gasteiger partial charge in [0, 0.05) is 12.1 Å². The number of benzene rings is 1. The minimum Gasteiger partial charge on any atom is -0.460 e. The summed E-state index contributed by atoms with van der Waals surface area (Å²) in [5, 5.41) is 12.9. The number of ether oxygens (including phenoxy) is 1. The Balaban J connectivity index is 1.76. The summed E-state index contributed by atoms with van der Waals surface area (Å²) in [7, 11) is 0. The number of hydrogen-bond acceptors (Lipinski definition) is 6. The summed E-state index contributed by atoms with van der Waals surface area (Å²) in [5.41, 5.74) is 0.558. The SMILES string of the molecule is O=C(CNC(=O)c1ccc(Br)o1)OCc1ccc([N+](=O)[O-])cc1. The van der Waals surface area contributed by atoms with Gasteiger partial charge in [0.05, 0.1) is 4.92 Å². The molecule has 8 nitrogen and oxygen atoms in total. The molecule has 0 fully saturated rings. The molecule has 0 unspecified atom stereocenters. The largest absolute Gasteiger partial charge is 0.460 e. The lowest BCUT2D eigenvalue weighted by Gasteiger charge is -2.05. The number of esters is 1. The molecule has 0 bridgehead atoms. The van der Waals surface area contributed by atoms with Crippen LogP contribution in [0.15, 0.2) is 45.5 Å². The number of carbonyl (C=O) groups excluding carboxylic acids is 2. The molecule has 1 heterocycles. The summed E-state index contributed by atoms with van der Waals surface area (Å²) in [6, 6.07) is 8.64. The molecule has 1 aromatic carbocycles. The summed E-state index contributed by atoms with van der Waals surface area (Å²) in [5.74, 6) is -1.11. The zero-order chi connectivity index (χ0) is 16.8. The smallest absolute Gasteiger partial charge is 0.325 e. The van der Waals surface area contributed by atoms with Crippen molar-refractivity contribution in [1.82, 2.24) is 5.32 Å². The monoisotopic (exact) mass is 382 g/mol. The van der Waals surface area contributed by atoms with Gasteiger partial charge in [-0.15, -0.1) is 0 Å². The van der Waals surface area contributed by atoms with Gasteiger partial charge in [0.2, 0.25) is 0 Å². The van der Waals surface area contributed by atoms with Gasteiger partial charge >= 0.3 is 5.97 Å². The number of rotatable bonds is 6. The third kappa shape index (κ3) is 4.92. The highest BCUT2D eigenvalue weighted by Crippen LogP contribution is 2.14. The molecule has 1 aromatic heterocycles. The van der Waals surface area contributed by atoms with Crippen LogP contribution in [0.25, 0.3) is 0 Å². The van der Waals surface area contributed by atoms with E-state index < -0.39 is 16.8 Å². The second-order valence-corrected chi connectivity index (χ2v) is 5.15. The van der Waals surface area contributed by atoms with Crippen molar-refractivity contribution >= 4 is 33.5 Å². The number of non-ortho nitro benzene ring substituents is 1. The van der Waals surface area contributed by atoms with Crippen molar-refractivity contribution in [2.45, 2.75) is 6.61 Å². The minimum atomic E-state index is -0.637. The quantitative estimate of drug-likeness (QED) is 0.466. The first-order valence-electron chi connectivity index (χ1n) is 6.38. The zero-order valence-corrected chi connectivity index (χ0v) is 13.2. The number of furan rings is 1. The summed E-state index contributed by atoms with van der Waals surface area (Å²) < 4.78 is 10.4. The standard InChI is InChI=1S/C14H11BrN2O6/c15-12-6-5-11(23-12)14(19)16-7-13(18)22-8-9-1-3-10(4-2-9)17(20)21/h1-6H,7-8H2,(H,16,19). The molecule has 0 saturated heterocycles. The van der Waals surface area contributed by atoms with Crippen molar-refractivity contribution in [2.75, 3.05) is 6.54 Å². The van der Waals surface area contributed by atoms with Crippen molar-refractivity contribution in [3.8, 4) is 0 Å². The first-order valence-corrected chi connectivity index (χ1v) is 7.17. The molecular weight excluding hydrogens is 372 g/mol. The van der Waals surface area contributed by atoms with Gasteiger partial charge in [-0.25, -0.2) is 0 Å². The van der Waals surface area contributed by atoms with E-state index in [1.54, 1.807) is 6.07 Å². The van der Waals surface area contributed by atoms with Crippen LogP contribution in [0.4, 0.5) is 5.69 Å². The Morgan fingerprint density at radius 2 is 1.91 bits per heavy atom. The number of nitrogens with one attached hydrogen (secondary N) is 1. The van der Waals surface area contributed by atoms with Gasteiger partial charge in [-0.1, -0.05) is 0 Å². The molecule has 0 saturated carbocycles. The summed E-state index contributed by atoms with van der Waals surface area (Å²) in [6.07, 6.45) is 0. The maximum absolute atomic E-state index is 11.6. The van der Waals surface area contributed by atoms with E-state index in [1.165, 1.54) is 30.3 Å². The molecule has 0 atom stereocenters. The first kappa shape index (κ1) is 16.7. The molecule has 0 aliphatic rings. The average Bonchev–Trinajstić information content (AvgIpc) is 2.97. The van der Waals surface area contributed by atoms with Gasteiger partial charge in [-0.3, -0.25) is 19.7 Å². The molecule has 2 aromatic rings. The van der Waals surface area contributed by atoms with Gasteiger partial charge < -0.3 is 14.5 Å². The predicted octanol–water partition coefficient (Wildman–Crippen LogP) is 2.42. The van der Waals surface area contributed by atoms with Crippen molar-refractivity contribution in [3.63, 3.8) is 0 Å². The number of carbonyl (C=O) groups is 2. The molecule has 0 aliphatic heterocycles. The maximum atomic E-state index is 11.6. The highest BCUT2D eigenvalue weighted by atomic mass is 79.9. The number of nitro benzene ring substituents is 1. The number of hydrogen-bond donors (Lipinski definition) is 1. The van der Waals surface area contributed by atoms with Crippen molar-refractivity contribution < 1.29 is 23.7 Å². The van der Waals surface area contributed by atoms with E-state index in [1.807, 2.05) is 0 Å². The molecule has 23 heavy (non-hydrogen) atoms. The maximum Gasteiger partial charge on any atom is 0.325 e. The lowest BCUT2D eigenvalue weighted by atomic mass is 10.2. The molecule has 0 spiro atoms. The lowest BCUT2D eigenvalue weighted by molar-refractivity contribution is -0.384. The predicted molar refractivity (Wildman–Crippen MR) is 81.6 cm³/mol. The second-order valence-electron chi connectivity index (χ2n) is 4.37. The fourth-order valence-electron chi connectivity index (χ4n) is 1.60. The molecule has 0 radical (unpaired) electrons. The van der Waals surface area contributed by atoms with Gasteiger partial charge in [-0.05, 0) is 45.8 Å². The van der Waals surface area contributed by atoms with Crippen LogP contribution in [-0.2, 0) is 16.1 Å². The van der Waals surface area contributed by atoms with Gasteiger partial charge in [0.25, 0.3) is 11.6 Å². The van der Waals surface area contributed by atoms with Crippen LogP contribution in [0.5, 0.6) is 0 Å². The van der Waals surface area contributed by atoms with E-state index in [2.05, 4.69) is 21.2 Å². The van der Waals surface area contributed by atoms with E-state index in [0.717, 1.165) is 0 Å².